The maximum absolute atomic E-state index is 13.5. The molecule has 2 aromatic carbocycles. The van der Waals surface area contributed by atoms with Gasteiger partial charge in [0.05, 0.1) is 12.0 Å². The molecule has 2 aliphatic rings. The van der Waals surface area contributed by atoms with Crippen LogP contribution in [-0.2, 0) is 18.3 Å². The Balaban J connectivity index is 1.43. The number of thioether (sulfide) groups is 1. The highest BCUT2D eigenvalue weighted by Crippen LogP contribution is 2.36. The number of aromatic nitrogens is 1. The van der Waals surface area contributed by atoms with Crippen molar-refractivity contribution in [2.75, 3.05) is 49.6 Å². The minimum atomic E-state index is -0.338. The molecule has 0 saturated carbocycles. The summed E-state index contributed by atoms with van der Waals surface area (Å²) in [5.74, 6) is 1.33. The van der Waals surface area contributed by atoms with E-state index in [9.17, 15) is 14.9 Å². The molecule has 0 N–H and O–H groups in total. The summed E-state index contributed by atoms with van der Waals surface area (Å²) in [5, 5.41) is 9.80. The molecule has 5 rings (SSSR count). The largest absolute Gasteiger partial charge is 0.497 e. The van der Waals surface area contributed by atoms with Gasteiger partial charge in [0.25, 0.3) is 11.5 Å². The molecule has 0 atom stereocenters. The first kappa shape index (κ1) is 28.5. The van der Waals surface area contributed by atoms with E-state index in [1.807, 2.05) is 42.5 Å². The van der Waals surface area contributed by atoms with Crippen LogP contribution in [0.4, 0.5) is 11.5 Å². The molecule has 2 aliphatic heterocycles. The van der Waals surface area contributed by atoms with Crippen LogP contribution in [0.5, 0.6) is 5.75 Å². The molecule has 41 heavy (non-hydrogen) atoms. The molecule has 1 aromatic heterocycles. The number of thiocarbonyl (C=S) groups is 1. The monoisotopic (exact) mass is 585 g/mol. The molecule has 0 radical (unpaired) electrons. The van der Waals surface area contributed by atoms with Gasteiger partial charge in [-0.2, -0.15) is 5.26 Å². The molecule has 1 amide bonds. The summed E-state index contributed by atoms with van der Waals surface area (Å²) in [7, 11) is 3.32. The van der Waals surface area contributed by atoms with Crippen molar-refractivity contribution >= 4 is 51.8 Å². The third-order valence-electron chi connectivity index (χ3n) is 7.60. The number of carbonyl (C=O) groups excluding carboxylic acids is 1. The summed E-state index contributed by atoms with van der Waals surface area (Å²) in [6.45, 7) is 5.18. The zero-order valence-electron chi connectivity index (χ0n) is 23.3. The van der Waals surface area contributed by atoms with Gasteiger partial charge in [-0.15, -0.1) is 0 Å². The van der Waals surface area contributed by atoms with Gasteiger partial charge < -0.3 is 14.5 Å². The Hall–Kier alpha value is -4.07. The number of hydrogen-bond donors (Lipinski definition) is 0. The van der Waals surface area contributed by atoms with Crippen molar-refractivity contribution in [1.29, 1.82) is 5.26 Å². The van der Waals surface area contributed by atoms with Crippen LogP contribution in [0.3, 0.4) is 0 Å². The van der Waals surface area contributed by atoms with Gasteiger partial charge in [0.2, 0.25) is 0 Å². The van der Waals surface area contributed by atoms with Crippen molar-refractivity contribution in [1.82, 2.24) is 9.47 Å². The molecule has 0 spiro atoms. The van der Waals surface area contributed by atoms with Gasteiger partial charge >= 0.3 is 0 Å². The Morgan fingerprint density at radius 2 is 1.68 bits per heavy atom. The highest BCUT2D eigenvalue weighted by atomic mass is 32.2. The van der Waals surface area contributed by atoms with E-state index in [0.29, 0.717) is 52.2 Å². The number of benzene rings is 2. The normalized spacial score (nSPS) is 16.4. The average molecular weight is 586 g/mol. The lowest BCUT2D eigenvalue weighted by Crippen LogP contribution is -2.48. The van der Waals surface area contributed by atoms with Crippen LogP contribution in [0.1, 0.15) is 22.3 Å². The molecular weight excluding hydrogens is 555 g/mol. The number of rotatable bonds is 7. The number of ether oxygens (including phenoxy) is 1. The number of nitrogens with zero attached hydrogens (tertiary/aromatic N) is 5. The van der Waals surface area contributed by atoms with Crippen molar-refractivity contribution in [2.45, 2.75) is 13.3 Å². The Bertz CT molecular complexity index is 1600. The summed E-state index contributed by atoms with van der Waals surface area (Å²) in [6, 6.07) is 20.1. The molecule has 3 heterocycles. The lowest BCUT2D eigenvalue weighted by atomic mass is 10.0. The molecule has 210 valence electrons. The minimum absolute atomic E-state index is 0.0837. The van der Waals surface area contributed by atoms with Crippen molar-refractivity contribution < 1.29 is 9.53 Å². The first-order valence-electron chi connectivity index (χ1n) is 13.4. The second-order valence-corrected chi connectivity index (χ2v) is 11.6. The summed E-state index contributed by atoms with van der Waals surface area (Å²) in [4.78, 5) is 33.3. The second kappa shape index (κ2) is 12.2. The molecule has 0 aliphatic carbocycles. The van der Waals surface area contributed by atoms with Crippen molar-refractivity contribution in [2.24, 2.45) is 7.05 Å². The fourth-order valence-corrected chi connectivity index (χ4v) is 6.56. The summed E-state index contributed by atoms with van der Waals surface area (Å²) in [6.07, 6.45) is 2.46. The maximum Gasteiger partial charge on any atom is 0.270 e. The Morgan fingerprint density at radius 1 is 1.02 bits per heavy atom. The molecular formula is C31H31N5O3S2. The van der Waals surface area contributed by atoms with Gasteiger partial charge in [-0.3, -0.25) is 19.1 Å². The molecule has 3 aromatic rings. The number of methoxy groups -OCH3 is 1. The maximum atomic E-state index is 13.5. The topological polar surface area (TPSA) is 81.8 Å². The van der Waals surface area contributed by atoms with E-state index in [1.165, 1.54) is 11.8 Å². The van der Waals surface area contributed by atoms with Crippen LogP contribution in [0.15, 0.2) is 64.3 Å². The third-order valence-corrected chi connectivity index (χ3v) is 8.98. The van der Waals surface area contributed by atoms with Gasteiger partial charge in [-0.1, -0.05) is 54.3 Å². The minimum Gasteiger partial charge on any atom is -0.497 e. The van der Waals surface area contributed by atoms with Gasteiger partial charge in [0.15, 0.2) is 0 Å². The second-order valence-electron chi connectivity index (χ2n) is 9.95. The Morgan fingerprint density at radius 3 is 2.32 bits per heavy atom. The van der Waals surface area contributed by atoms with Gasteiger partial charge in [-0.05, 0) is 54.8 Å². The highest BCUT2D eigenvalue weighted by Gasteiger charge is 2.33. The average Bonchev–Trinajstić information content (AvgIpc) is 3.27. The van der Waals surface area contributed by atoms with Gasteiger partial charge in [0, 0.05) is 51.0 Å². The van der Waals surface area contributed by atoms with Crippen LogP contribution in [0.2, 0.25) is 0 Å². The molecule has 2 fully saturated rings. The summed E-state index contributed by atoms with van der Waals surface area (Å²) >= 11 is 6.85. The van der Waals surface area contributed by atoms with Crippen LogP contribution in [-0.4, -0.2) is 59.5 Å². The Kier molecular flexibility index (Phi) is 8.47. The summed E-state index contributed by atoms with van der Waals surface area (Å²) < 4.78 is 7.27. The van der Waals surface area contributed by atoms with E-state index in [2.05, 4.69) is 28.0 Å². The number of anilines is 2. The molecule has 8 nitrogen and oxygen atoms in total. The standard InChI is InChI=1S/C31H31N5O3S2/c1-21-25(19-27-30(38)36(31(40)41-27)14-13-22-9-11-24(39-3)12-10-22)28(33(2)29(37)26(21)20-32)35-17-15-34(16-18-35)23-7-5-4-6-8-23/h4-12,19H,13-18H2,1-3H3/b27-19+. The fraction of sp³-hybridized carbons (Fsp3) is 0.290. The van der Waals surface area contributed by atoms with Crippen molar-refractivity contribution in [3.05, 3.63) is 92.1 Å². The van der Waals surface area contributed by atoms with Gasteiger partial charge in [0.1, 0.15) is 27.5 Å². The van der Waals surface area contributed by atoms with Crippen molar-refractivity contribution in [3.8, 4) is 11.8 Å². The van der Waals surface area contributed by atoms with Crippen molar-refractivity contribution in [3.63, 3.8) is 0 Å². The lowest BCUT2D eigenvalue weighted by molar-refractivity contribution is -0.122. The molecule has 0 bridgehead atoms. The Labute approximate surface area is 249 Å². The van der Waals surface area contributed by atoms with E-state index in [0.717, 1.165) is 30.1 Å². The first-order chi connectivity index (χ1) is 19.8. The first-order valence-corrected chi connectivity index (χ1v) is 14.6. The number of amides is 1. The predicted molar refractivity (Wildman–Crippen MR) is 169 cm³/mol. The van der Waals surface area contributed by atoms with Crippen LogP contribution in [0.25, 0.3) is 6.08 Å². The van der Waals surface area contributed by atoms with E-state index in [1.54, 1.807) is 36.6 Å². The third kappa shape index (κ3) is 5.73. The quantitative estimate of drug-likeness (QED) is 0.299. The van der Waals surface area contributed by atoms with E-state index in [4.69, 9.17) is 17.0 Å². The zero-order chi connectivity index (χ0) is 29.1. The lowest BCUT2D eigenvalue weighted by Gasteiger charge is -2.38. The van der Waals surface area contributed by atoms with Crippen LogP contribution >= 0.6 is 24.0 Å². The zero-order valence-corrected chi connectivity index (χ0v) is 24.9. The fourth-order valence-electron chi connectivity index (χ4n) is 5.27. The number of hydrogen-bond acceptors (Lipinski definition) is 8. The molecule has 0 unspecified atom stereocenters. The summed E-state index contributed by atoms with van der Waals surface area (Å²) in [5.41, 5.74) is 3.26. The van der Waals surface area contributed by atoms with E-state index in [-0.39, 0.29) is 17.0 Å². The SMILES string of the molecule is COc1ccc(CCN2C(=O)/C(=C\c3c(C)c(C#N)c(=O)n(C)c3N3CCN(c4ccccc4)CC3)SC2=S)cc1. The molecule has 2 saturated heterocycles. The van der Waals surface area contributed by atoms with E-state index >= 15 is 0 Å². The number of piperazine rings is 1. The molecule has 10 heteroatoms. The van der Waals surface area contributed by atoms with Gasteiger partial charge in [-0.25, -0.2) is 0 Å². The van der Waals surface area contributed by atoms with E-state index < -0.39 is 0 Å². The highest BCUT2D eigenvalue weighted by molar-refractivity contribution is 8.26. The number of nitriles is 1. The number of para-hydroxylation sites is 1. The van der Waals surface area contributed by atoms with Crippen LogP contribution < -0.4 is 20.1 Å². The van der Waals surface area contributed by atoms with Crippen LogP contribution in [0, 0.1) is 18.3 Å². The smallest absolute Gasteiger partial charge is 0.270 e. The number of pyridine rings is 1. The number of carbonyl (C=O) groups is 1. The predicted octanol–water partition coefficient (Wildman–Crippen LogP) is 4.34.